The van der Waals surface area contributed by atoms with E-state index >= 15 is 0 Å². The van der Waals surface area contributed by atoms with Gasteiger partial charge >= 0.3 is 6.18 Å². The van der Waals surface area contributed by atoms with Crippen LogP contribution in [0.3, 0.4) is 0 Å². The fraction of sp³-hybridized carbons (Fsp3) is 0.481. The number of benzene rings is 2. The summed E-state index contributed by atoms with van der Waals surface area (Å²) in [4.78, 5) is 13.1. The Kier molecular flexibility index (Phi) is 7.27. The lowest BCUT2D eigenvalue weighted by atomic mass is 9.84. The molecule has 180 valence electrons. The number of carbonyl (C=O) groups excluding carboxylic acids is 1. The van der Waals surface area contributed by atoms with E-state index in [1.54, 1.807) is 12.1 Å². The first-order valence-corrected chi connectivity index (χ1v) is 12.0. The van der Waals surface area contributed by atoms with Crippen LogP contribution >= 0.6 is 0 Å². The monoisotopic (exact) mass is 469 g/mol. The molecule has 2 saturated carbocycles. The van der Waals surface area contributed by atoms with Crippen molar-refractivity contribution in [1.29, 1.82) is 5.26 Å². The first kappa shape index (κ1) is 24.3. The molecule has 0 spiro atoms. The number of nitrogens with one attached hydrogen (secondary N) is 2. The van der Waals surface area contributed by atoms with E-state index in [2.05, 4.69) is 16.7 Å². The van der Waals surface area contributed by atoms with Crippen LogP contribution in [0.5, 0.6) is 0 Å². The van der Waals surface area contributed by atoms with Crippen molar-refractivity contribution < 1.29 is 18.0 Å². The maximum absolute atomic E-state index is 14.3. The Hall–Kier alpha value is -2.85. The standard InChI is InChI=1S/C27H30F3N3O/c28-27(29,30)24(22-13-7-12-21(17-22)20-10-5-2-6-11-20)32-23(16-19-8-3-1-4-9-19)25(34)33-26(18-31)14-15-26/h2,5-7,10-13,17,19,23-24,32H,1,3-4,8-9,14-16H2,(H,33,34)/t23-,24-/m0/s1. The van der Waals surface area contributed by atoms with E-state index in [1.807, 2.05) is 30.3 Å². The zero-order valence-electron chi connectivity index (χ0n) is 19.1. The molecule has 0 aliphatic heterocycles. The molecule has 4 nitrogen and oxygen atoms in total. The van der Waals surface area contributed by atoms with Gasteiger partial charge < -0.3 is 5.32 Å². The van der Waals surface area contributed by atoms with Gasteiger partial charge in [0.1, 0.15) is 11.6 Å². The number of hydrogen-bond donors (Lipinski definition) is 2. The summed E-state index contributed by atoms with van der Waals surface area (Å²) >= 11 is 0. The first-order valence-electron chi connectivity index (χ1n) is 12.0. The maximum Gasteiger partial charge on any atom is 0.407 e. The summed E-state index contributed by atoms with van der Waals surface area (Å²) in [5, 5.41) is 14.8. The van der Waals surface area contributed by atoms with E-state index in [0.29, 0.717) is 24.8 Å². The lowest BCUT2D eigenvalue weighted by Gasteiger charge is -2.31. The highest BCUT2D eigenvalue weighted by molar-refractivity contribution is 5.83. The van der Waals surface area contributed by atoms with Crippen molar-refractivity contribution in [3.63, 3.8) is 0 Å². The number of halogens is 3. The van der Waals surface area contributed by atoms with Crippen LogP contribution in [0.25, 0.3) is 11.1 Å². The zero-order chi connectivity index (χ0) is 24.2. The van der Waals surface area contributed by atoms with Gasteiger partial charge in [-0.2, -0.15) is 18.4 Å². The topological polar surface area (TPSA) is 64.9 Å². The van der Waals surface area contributed by atoms with Crippen molar-refractivity contribution in [2.75, 3.05) is 0 Å². The molecule has 2 aliphatic carbocycles. The Bertz CT molecular complexity index is 1020. The number of rotatable bonds is 8. The van der Waals surface area contributed by atoms with Gasteiger partial charge in [-0.3, -0.25) is 10.1 Å². The molecule has 2 aromatic rings. The lowest BCUT2D eigenvalue weighted by Crippen LogP contribution is -2.52. The fourth-order valence-electron chi connectivity index (χ4n) is 4.83. The second-order valence-electron chi connectivity index (χ2n) is 9.61. The van der Waals surface area contributed by atoms with Crippen LogP contribution in [0.1, 0.15) is 63.0 Å². The van der Waals surface area contributed by atoms with Gasteiger partial charge in [0.25, 0.3) is 0 Å². The highest BCUT2D eigenvalue weighted by atomic mass is 19.4. The minimum atomic E-state index is -4.59. The van der Waals surface area contributed by atoms with Crippen LogP contribution in [-0.2, 0) is 4.79 Å². The Morgan fingerprint density at radius 2 is 1.71 bits per heavy atom. The summed E-state index contributed by atoms with van der Waals surface area (Å²) in [5.74, 6) is -0.322. The first-order chi connectivity index (χ1) is 16.3. The average molecular weight is 470 g/mol. The highest BCUT2D eigenvalue weighted by Gasteiger charge is 2.47. The van der Waals surface area contributed by atoms with E-state index < -0.39 is 29.7 Å². The molecule has 2 aliphatic rings. The number of amides is 1. The van der Waals surface area contributed by atoms with Gasteiger partial charge in [0.05, 0.1) is 12.1 Å². The van der Waals surface area contributed by atoms with E-state index in [9.17, 15) is 23.2 Å². The van der Waals surface area contributed by atoms with E-state index in [1.165, 1.54) is 12.1 Å². The number of hydrogen-bond acceptors (Lipinski definition) is 3. The quantitative estimate of drug-likeness (QED) is 0.494. The third-order valence-electron chi connectivity index (χ3n) is 6.96. The second-order valence-corrected chi connectivity index (χ2v) is 9.61. The van der Waals surface area contributed by atoms with Crippen molar-refractivity contribution in [1.82, 2.24) is 10.6 Å². The predicted octanol–water partition coefficient (Wildman–Crippen LogP) is 6.06. The number of nitriles is 1. The van der Waals surface area contributed by atoms with Crippen molar-refractivity contribution in [2.24, 2.45) is 5.92 Å². The summed E-state index contributed by atoms with van der Waals surface area (Å²) in [7, 11) is 0. The van der Waals surface area contributed by atoms with Gasteiger partial charge in [0.15, 0.2) is 0 Å². The molecule has 2 atom stereocenters. The lowest BCUT2D eigenvalue weighted by molar-refractivity contribution is -0.161. The number of carbonyl (C=O) groups is 1. The van der Waals surface area contributed by atoms with Gasteiger partial charge in [0.2, 0.25) is 5.91 Å². The van der Waals surface area contributed by atoms with E-state index in [4.69, 9.17) is 0 Å². The molecule has 2 N–H and O–H groups in total. The van der Waals surface area contributed by atoms with Crippen LogP contribution in [0.2, 0.25) is 0 Å². The van der Waals surface area contributed by atoms with Gasteiger partial charge in [-0.05, 0) is 47.9 Å². The van der Waals surface area contributed by atoms with Crippen molar-refractivity contribution in [3.8, 4) is 17.2 Å². The van der Waals surface area contributed by atoms with Crippen LogP contribution in [-0.4, -0.2) is 23.7 Å². The minimum absolute atomic E-state index is 0.0664. The molecule has 4 rings (SSSR count). The Morgan fingerprint density at radius 3 is 2.32 bits per heavy atom. The van der Waals surface area contributed by atoms with Gasteiger partial charge in [-0.15, -0.1) is 0 Å². The molecule has 0 heterocycles. The molecule has 0 aromatic heterocycles. The van der Waals surface area contributed by atoms with E-state index in [0.717, 1.165) is 37.7 Å². The molecule has 0 bridgehead atoms. The van der Waals surface area contributed by atoms with Crippen LogP contribution in [0.15, 0.2) is 54.6 Å². The smallest absolute Gasteiger partial charge is 0.336 e. The Balaban J connectivity index is 1.60. The normalized spacial score (nSPS) is 19.6. The Morgan fingerprint density at radius 1 is 1.03 bits per heavy atom. The fourth-order valence-corrected chi connectivity index (χ4v) is 4.83. The molecule has 0 radical (unpaired) electrons. The van der Waals surface area contributed by atoms with Crippen molar-refractivity contribution in [2.45, 2.75) is 75.2 Å². The second kappa shape index (κ2) is 10.2. The number of alkyl halides is 3. The predicted molar refractivity (Wildman–Crippen MR) is 125 cm³/mol. The molecule has 0 saturated heterocycles. The molecule has 34 heavy (non-hydrogen) atoms. The SMILES string of the molecule is N#CC1(NC(=O)[C@H](CC2CCCCC2)N[C@@H](c2cccc(-c3ccccc3)c2)C(F)(F)F)CC1. The molecular weight excluding hydrogens is 439 g/mol. The molecule has 2 aromatic carbocycles. The minimum Gasteiger partial charge on any atom is -0.336 e. The zero-order valence-corrected chi connectivity index (χ0v) is 19.1. The van der Waals surface area contributed by atoms with Gasteiger partial charge in [0, 0.05) is 0 Å². The summed E-state index contributed by atoms with van der Waals surface area (Å²) < 4.78 is 42.9. The van der Waals surface area contributed by atoms with Crippen LogP contribution in [0.4, 0.5) is 13.2 Å². The Labute approximate surface area is 198 Å². The van der Waals surface area contributed by atoms with Gasteiger partial charge in [-0.25, -0.2) is 0 Å². The summed E-state index contributed by atoms with van der Waals surface area (Å²) in [6, 6.07) is 14.7. The average Bonchev–Trinajstić information content (AvgIpc) is 3.62. The number of nitrogens with zero attached hydrogens (tertiary/aromatic N) is 1. The molecule has 2 fully saturated rings. The maximum atomic E-state index is 14.3. The van der Waals surface area contributed by atoms with Crippen LogP contribution in [0, 0.1) is 17.2 Å². The summed E-state index contributed by atoms with van der Waals surface area (Å²) in [6.45, 7) is 0. The van der Waals surface area contributed by atoms with E-state index in [-0.39, 0.29) is 11.5 Å². The largest absolute Gasteiger partial charge is 0.407 e. The third kappa shape index (κ3) is 5.98. The van der Waals surface area contributed by atoms with Crippen LogP contribution < -0.4 is 10.6 Å². The van der Waals surface area contributed by atoms with Gasteiger partial charge in [-0.1, -0.05) is 80.6 Å². The molecular formula is C27H30F3N3O. The third-order valence-corrected chi connectivity index (χ3v) is 6.96. The summed E-state index contributed by atoms with van der Waals surface area (Å²) in [5.41, 5.74) is 0.650. The van der Waals surface area contributed by atoms with Crippen molar-refractivity contribution in [3.05, 3.63) is 60.2 Å². The molecule has 1 amide bonds. The van der Waals surface area contributed by atoms with Crippen molar-refractivity contribution >= 4 is 5.91 Å². The summed E-state index contributed by atoms with van der Waals surface area (Å²) in [6.07, 6.45) is 1.82. The molecule has 0 unspecified atom stereocenters. The molecule has 7 heteroatoms. The highest BCUT2D eigenvalue weighted by Crippen LogP contribution is 2.38.